The Hall–Kier alpha value is -1.85. The third kappa shape index (κ3) is 2.21. The maximum atomic E-state index is 11.7. The lowest BCUT2D eigenvalue weighted by Gasteiger charge is -2.30. The minimum atomic E-state index is -0.418. The fourth-order valence-electron chi connectivity index (χ4n) is 1.72. The SMILES string of the molecule is CC1NC(=O)CN(CCn2cccn2)C1=O. The number of amides is 2. The molecule has 0 radical (unpaired) electrons. The maximum absolute atomic E-state index is 11.7. The quantitative estimate of drug-likeness (QED) is 0.730. The van der Waals surface area contributed by atoms with E-state index in [4.69, 9.17) is 0 Å². The number of hydrogen-bond donors (Lipinski definition) is 1. The third-order valence-corrected chi connectivity index (χ3v) is 2.55. The van der Waals surface area contributed by atoms with Gasteiger partial charge in [-0.3, -0.25) is 14.3 Å². The smallest absolute Gasteiger partial charge is 0.245 e. The molecule has 1 aliphatic heterocycles. The highest BCUT2D eigenvalue weighted by Gasteiger charge is 2.28. The second-order valence-corrected chi connectivity index (χ2v) is 3.82. The number of nitrogens with one attached hydrogen (secondary N) is 1. The summed E-state index contributed by atoms with van der Waals surface area (Å²) in [6.07, 6.45) is 3.52. The molecule has 1 N–H and O–H groups in total. The summed E-state index contributed by atoms with van der Waals surface area (Å²) in [6, 6.07) is 1.41. The first kappa shape index (κ1) is 10.7. The van der Waals surface area contributed by atoms with E-state index in [1.165, 1.54) is 0 Å². The zero-order valence-corrected chi connectivity index (χ0v) is 9.09. The zero-order valence-electron chi connectivity index (χ0n) is 9.09. The molecule has 86 valence electrons. The summed E-state index contributed by atoms with van der Waals surface area (Å²) in [7, 11) is 0. The van der Waals surface area contributed by atoms with Crippen molar-refractivity contribution in [2.45, 2.75) is 19.5 Å². The van der Waals surface area contributed by atoms with Crippen LogP contribution in [0, 0.1) is 0 Å². The van der Waals surface area contributed by atoms with Gasteiger partial charge in [-0.2, -0.15) is 5.10 Å². The van der Waals surface area contributed by atoms with Gasteiger partial charge in [0.05, 0.1) is 13.1 Å². The number of aromatic nitrogens is 2. The molecule has 1 saturated heterocycles. The third-order valence-electron chi connectivity index (χ3n) is 2.55. The van der Waals surface area contributed by atoms with Gasteiger partial charge in [-0.1, -0.05) is 0 Å². The van der Waals surface area contributed by atoms with Crippen molar-refractivity contribution in [3.8, 4) is 0 Å². The number of carbonyl (C=O) groups excluding carboxylic acids is 2. The first-order valence-corrected chi connectivity index (χ1v) is 5.22. The van der Waals surface area contributed by atoms with E-state index in [-0.39, 0.29) is 18.4 Å². The lowest BCUT2D eigenvalue weighted by Crippen LogP contribution is -2.57. The molecule has 0 spiro atoms. The molecule has 2 amide bonds. The molecule has 1 aromatic rings. The summed E-state index contributed by atoms with van der Waals surface area (Å²) in [5, 5.41) is 6.64. The monoisotopic (exact) mass is 222 g/mol. The van der Waals surface area contributed by atoms with E-state index in [9.17, 15) is 9.59 Å². The van der Waals surface area contributed by atoms with E-state index in [1.807, 2.05) is 12.3 Å². The van der Waals surface area contributed by atoms with Crippen LogP contribution in [0.3, 0.4) is 0 Å². The van der Waals surface area contributed by atoms with Gasteiger partial charge in [-0.15, -0.1) is 0 Å². The van der Waals surface area contributed by atoms with Crippen LogP contribution in [-0.2, 0) is 16.1 Å². The number of carbonyl (C=O) groups is 2. The Labute approximate surface area is 93.2 Å². The van der Waals surface area contributed by atoms with Crippen molar-refractivity contribution in [3.63, 3.8) is 0 Å². The van der Waals surface area contributed by atoms with Crippen molar-refractivity contribution in [1.29, 1.82) is 0 Å². The summed E-state index contributed by atoms with van der Waals surface area (Å²) in [4.78, 5) is 24.5. The molecule has 0 aliphatic carbocycles. The summed E-state index contributed by atoms with van der Waals surface area (Å²) in [6.45, 7) is 2.96. The second kappa shape index (κ2) is 4.34. The van der Waals surface area contributed by atoms with E-state index < -0.39 is 6.04 Å². The van der Waals surface area contributed by atoms with Crippen LogP contribution < -0.4 is 5.32 Å². The number of hydrogen-bond acceptors (Lipinski definition) is 3. The molecule has 6 nitrogen and oxygen atoms in total. The van der Waals surface area contributed by atoms with Gasteiger partial charge in [0.2, 0.25) is 11.8 Å². The van der Waals surface area contributed by atoms with Gasteiger partial charge in [0.25, 0.3) is 0 Å². The normalized spacial score (nSPS) is 21.1. The fourth-order valence-corrected chi connectivity index (χ4v) is 1.72. The van der Waals surface area contributed by atoms with Crippen LogP contribution >= 0.6 is 0 Å². The number of piperazine rings is 1. The second-order valence-electron chi connectivity index (χ2n) is 3.82. The Morgan fingerprint density at radius 1 is 1.50 bits per heavy atom. The average Bonchev–Trinajstić information content (AvgIpc) is 2.74. The van der Waals surface area contributed by atoms with Crippen molar-refractivity contribution in [2.75, 3.05) is 13.1 Å². The van der Waals surface area contributed by atoms with Crippen LogP contribution in [0.15, 0.2) is 18.5 Å². The van der Waals surface area contributed by atoms with E-state index in [0.29, 0.717) is 13.1 Å². The van der Waals surface area contributed by atoms with Gasteiger partial charge < -0.3 is 10.2 Å². The summed E-state index contributed by atoms with van der Waals surface area (Å²) in [5.74, 6) is -0.140. The van der Waals surface area contributed by atoms with Crippen LogP contribution in [0.5, 0.6) is 0 Å². The van der Waals surface area contributed by atoms with Gasteiger partial charge in [-0.05, 0) is 13.0 Å². The summed E-state index contributed by atoms with van der Waals surface area (Å²) in [5.41, 5.74) is 0. The Kier molecular flexibility index (Phi) is 2.89. The van der Waals surface area contributed by atoms with Gasteiger partial charge in [0.15, 0.2) is 0 Å². The molecule has 6 heteroatoms. The minimum Gasteiger partial charge on any atom is -0.343 e. The number of nitrogens with zero attached hydrogens (tertiary/aromatic N) is 3. The van der Waals surface area contributed by atoms with E-state index in [2.05, 4.69) is 10.4 Å². The Morgan fingerprint density at radius 3 is 3.00 bits per heavy atom. The molecule has 1 fully saturated rings. The lowest BCUT2D eigenvalue weighted by atomic mass is 10.2. The van der Waals surface area contributed by atoms with Gasteiger partial charge >= 0.3 is 0 Å². The van der Waals surface area contributed by atoms with Gasteiger partial charge in [0.1, 0.15) is 6.04 Å². The molecule has 1 atom stereocenters. The molecule has 0 aromatic carbocycles. The predicted octanol–water partition coefficient (Wildman–Crippen LogP) is -0.770. The molecule has 1 aliphatic rings. The fraction of sp³-hybridized carbons (Fsp3) is 0.500. The zero-order chi connectivity index (χ0) is 11.5. The molecule has 2 heterocycles. The molecular formula is C10H14N4O2. The van der Waals surface area contributed by atoms with Crippen LogP contribution in [0.25, 0.3) is 0 Å². The van der Waals surface area contributed by atoms with Crippen molar-refractivity contribution in [1.82, 2.24) is 20.0 Å². The Morgan fingerprint density at radius 2 is 2.31 bits per heavy atom. The average molecular weight is 222 g/mol. The van der Waals surface area contributed by atoms with E-state index >= 15 is 0 Å². The number of rotatable bonds is 3. The van der Waals surface area contributed by atoms with Crippen LogP contribution in [0.4, 0.5) is 0 Å². The molecular weight excluding hydrogens is 208 g/mol. The molecule has 0 bridgehead atoms. The summed E-state index contributed by atoms with van der Waals surface area (Å²) >= 11 is 0. The lowest BCUT2D eigenvalue weighted by molar-refractivity contribution is -0.143. The van der Waals surface area contributed by atoms with E-state index in [0.717, 1.165) is 0 Å². The molecule has 1 unspecified atom stereocenters. The first-order chi connectivity index (χ1) is 7.66. The standard InChI is InChI=1S/C10H14N4O2/c1-8-10(16)13(7-9(15)12-8)5-6-14-4-2-3-11-14/h2-4,8H,5-7H2,1H3,(H,12,15). The highest BCUT2D eigenvalue weighted by Crippen LogP contribution is 2.02. The Balaban J connectivity index is 1.93. The van der Waals surface area contributed by atoms with Crippen LogP contribution in [-0.4, -0.2) is 45.6 Å². The van der Waals surface area contributed by atoms with Gasteiger partial charge in [-0.25, -0.2) is 0 Å². The Bertz CT molecular complexity index is 388. The van der Waals surface area contributed by atoms with Crippen molar-refractivity contribution in [3.05, 3.63) is 18.5 Å². The topological polar surface area (TPSA) is 67.2 Å². The van der Waals surface area contributed by atoms with Crippen LogP contribution in [0.2, 0.25) is 0 Å². The highest BCUT2D eigenvalue weighted by molar-refractivity contribution is 5.94. The van der Waals surface area contributed by atoms with E-state index in [1.54, 1.807) is 22.7 Å². The summed E-state index contributed by atoms with van der Waals surface area (Å²) < 4.78 is 1.74. The molecule has 16 heavy (non-hydrogen) atoms. The molecule has 2 rings (SSSR count). The van der Waals surface area contributed by atoms with Crippen molar-refractivity contribution < 1.29 is 9.59 Å². The first-order valence-electron chi connectivity index (χ1n) is 5.22. The van der Waals surface area contributed by atoms with Crippen molar-refractivity contribution >= 4 is 11.8 Å². The van der Waals surface area contributed by atoms with Crippen LogP contribution in [0.1, 0.15) is 6.92 Å². The molecule has 1 aromatic heterocycles. The predicted molar refractivity (Wildman–Crippen MR) is 56.4 cm³/mol. The largest absolute Gasteiger partial charge is 0.343 e. The minimum absolute atomic E-state index is 0.0354. The molecule has 0 saturated carbocycles. The maximum Gasteiger partial charge on any atom is 0.245 e. The van der Waals surface area contributed by atoms with Crippen molar-refractivity contribution in [2.24, 2.45) is 0 Å². The van der Waals surface area contributed by atoms with Gasteiger partial charge in [0, 0.05) is 18.9 Å². The highest BCUT2D eigenvalue weighted by atomic mass is 16.2.